The molecule has 1 saturated heterocycles. The van der Waals surface area contributed by atoms with Gasteiger partial charge in [0, 0.05) is 14.6 Å². The molecule has 1 aromatic carbocycles. The number of nitrogens with two attached hydrogens (primary N) is 1. The highest BCUT2D eigenvalue weighted by Gasteiger charge is 2.31. The Bertz CT molecular complexity index is 521. The van der Waals surface area contributed by atoms with Crippen molar-refractivity contribution in [2.75, 3.05) is 6.54 Å². The molecule has 0 aromatic heterocycles. The first-order chi connectivity index (χ1) is 9.00. The van der Waals surface area contributed by atoms with Gasteiger partial charge in [0.05, 0.1) is 5.56 Å². The molecular weight excluding hydrogens is 423 g/mol. The highest BCUT2D eigenvalue weighted by atomic mass is 127. The van der Waals surface area contributed by atoms with Crippen LogP contribution < -0.4 is 5.73 Å². The number of halogens is 2. The highest BCUT2D eigenvalue weighted by molar-refractivity contribution is 14.1. The van der Waals surface area contributed by atoms with Gasteiger partial charge in [-0.3, -0.25) is 9.59 Å². The third-order valence-corrected chi connectivity index (χ3v) is 4.61. The molecule has 0 aliphatic carbocycles. The van der Waals surface area contributed by atoms with E-state index in [9.17, 15) is 9.59 Å². The third kappa shape index (κ3) is 3.28. The molecule has 102 valence electrons. The van der Waals surface area contributed by atoms with E-state index in [1.54, 1.807) is 4.90 Å². The number of likely N-dealkylation sites (tertiary alicyclic amines) is 1. The molecule has 0 bridgehead atoms. The van der Waals surface area contributed by atoms with Crippen LogP contribution >= 0.6 is 38.5 Å². The summed E-state index contributed by atoms with van der Waals surface area (Å²) in [6, 6.07) is 5.10. The molecule has 6 heteroatoms. The van der Waals surface area contributed by atoms with E-state index in [1.807, 2.05) is 18.2 Å². The smallest absolute Gasteiger partial charge is 0.255 e. The minimum Gasteiger partial charge on any atom is -0.368 e. The van der Waals surface area contributed by atoms with Gasteiger partial charge in [0.2, 0.25) is 5.91 Å². The first kappa shape index (κ1) is 14.8. The van der Waals surface area contributed by atoms with Crippen LogP contribution in [0.3, 0.4) is 0 Å². The van der Waals surface area contributed by atoms with Gasteiger partial charge in [-0.2, -0.15) is 0 Å². The van der Waals surface area contributed by atoms with Crippen LogP contribution in [0.1, 0.15) is 29.6 Å². The normalized spacial score (nSPS) is 19.3. The zero-order chi connectivity index (χ0) is 14.0. The van der Waals surface area contributed by atoms with Crippen LogP contribution in [0.5, 0.6) is 0 Å². The number of benzene rings is 1. The molecule has 0 radical (unpaired) electrons. The molecule has 0 saturated carbocycles. The average molecular weight is 437 g/mol. The molecule has 1 heterocycles. The molecule has 1 atom stereocenters. The summed E-state index contributed by atoms with van der Waals surface area (Å²) in [6.07, 6.45) is 2.50. The number of amides is 2. The zero-order valence-corrected chi connectivity index (χ0v) is 14.0. The average Bonchev–Trinajstić information content (AvgIpc) is 2.40. The largest absolute Gasteiger partial charge is 0.368 e. The first-order valence-electron chi connectivity index (χ1n) is 6.06. The van der Waals surface area contributed by atoms with Gasteiger partial charge >= 0.3 is 0 Å². The van der Waals surface area contributed by atoms with E-state index in [4.69, 9.17) is 5.73 Å². The van der Waals surface area contributed by atoms with Gasteiger partial charge in [-0.15, -0.1) is 0 Å². The van der Waals surface area contributed by atoms with Crippen molar-refractivity contribution >= 4 is 50.3 Å². The van der Waals surface area contributed by atoms with Gasteiger partial charge in [-0.05, 0) is 76.0 Å². The number of carbonyl (C=O) groups excluding carboxylic acids is 2. The second-order valence-electron chi connectivity index (χ2n) is 4.54. The second-order valence-corrected chi connectivity index (χ2v) is 6.64. The van der Waals surface area contributed by atoms with Crippen LogP contribution in [-0.2, 0) is 4.79 Å². The molecule has 1 unspecified atom stereocenters. The van der Waals surface area contributed by atoms with Crippen LogP contribution in [-0.4, -0.2) is 29.3 Å². The zero-order valence-electron chi connectivity index (χ0n) is 10.2. The number of primary amides is 1. The van der Waals surface area contributed by atoms with Crippen molar-refractivity contribution in [1.29, 1.82) is 0 Å². The molecule has 2 N–H and O–H groups in total. The quantitative estimate of drug-likeness (QED) is 0.724. The standard InChI is InChI=1S/C13H14BrIN2O2/c14-10-5-4-8(15)7-9(10)13(19)17-6-2-1-3-11(17)12(16)18/h4-5,7,11H,1-3,6H2,(H2,16,18). The van der Waals surface area contributed by atoms with Crippen molar-refractivity contribution in [3.63, 3.8) is 0 Å². The van der Waals surface area contributed by atoms with E-state index < -0.39 is 11.9 Å². The lowest BCUT2D eigenvalue weighted by molar-refractivity contribution is -0.123. The molecule has 19 heavy (non-hydrogen) atoms. The van der Waals surface area contributed by atoms with Crippen LogP contribution in [0.4, 0.5) is 0 Å². The summed E-state index contributed by atoms with van der Waals surface area (Å²) in [5.41, 5.74) is 5.98. The van der Waals surface area contributed by atoms with Crippen LogP contribution in [0.15, 0.2) is 22.7 Å². The van der Waals surface area contributed by atoms with Crippen molar-refractivity contribution in [3.8, 4) is 0 Å². The summed E-state index contributed by atoms with van der Waals surface area (Å²) >= 11 is 5.55. The molecular formula is C13H14BrIN2O2. The number of nitrogens with zero attached hydrogens (tertiary/aromatic N) is 1. The Labute approximate surface area is 134 Å². The Balaban J connectivity index is 2.31. The van der Waals surface area contributed by atoms with Crippen molar-refractivity contribution in [2.45, 2.75) is 25.3 Å². The van der Waals surface area contributed by atoms with E-state index in [0.717, 1.165) is 20.9 Å². The summed E-state index contributed by atoms with van der Waals surface area (Å²) in [6.45, 7) is 0.588. The number of rotatable bonds is 2. The lowest BCUT2D eigenvalue weighted by Crippen LogP contribution is -2.50. The van der Waals surface area contributed by atoms with Gasteiger partial charge < -0.3 is 10.6 Å². The Hall–Kier alpha value is -0.630. The lowest BCUT2D eigenvalue weighted by atomic mass is 10.0. The van der Waals surface area contributed by atoms with E-state index in [0.29, 0.717) is 18.5 Å². The van der Waals surface area contributed by atoms with Gasteiger partial charge in [-0.25, -0.2) is 0 Å². The minimum absolute atomic E-state index is 0.131. The molecule has 1 aromatic rings. The van der Waals surface area contributed by atoms with E-state index in [-0.39, 0.29) is 5.91 Å². The van der Waals surface area contributed by atoms with Crippen molar-refractivity contribution in [2.24, 2.45) is 5.73 Å². The molecule has 2 rings (SSSR count). The summed E-state index contributed by atoms with van der Waals surface area (Å²) in [4.78, 5) is 25.6. The fraction of sp³-hybridized carbons (Fsp3) is 0.385. The van der Waals surface area contributed by atoms with Crippen molar-refractivity contribution < 1.29 is 9.59 Å². The summed E-state index contributed by atoms with van der Waals surface area (Å²) < 4.78 is 1.73. The fourth-order valence-corrected chi connectivity index (χ4v) is 3.19. The molecule has 4 nitrogen and oxygen atoms in total. The van der Waals surface area contributed by atoms with Gasteiger partial charge in [0.25, 0.3) is 5.91 Å². The molecule has 1 aliphatic heterocycles. The Morgan fingerprint density at radius 3 is 2.79 bits per heavy atom. The van der Waals surface area contributed by atoms with Gasteiger partial charge in [0.1, 0.15) is 6.04 Å². The van der Waals surface area contributed by atoms with Gasteiger partial charge in [-0.1, -0.05) is 0 Å². The number of carbonyl (C=O) groups is 2. The van der Waals surface area contributed by atoms with E-state index in [2.05, 4.69) is 38.5 Å². The summed E-state index contributed by atoms with van der Waals surface area (Å²) in [5.74, 6) is -0.552. The molecule has 2 amide bonds. The van der Waals surface area contributed by atoms with Crippen LogP contribution in [0, 0.1) is 3.57 Å². The number of hydrogen-bond donors (Lipinski definition) is 1. The van der Waals surface area contributed by atoms with E-state index in [1.165, 1.54) is 0 Å². The van der Waals surface area contributed by atoms with Crippen molar-refractivity contribution in [1.82, 2.24) is 4.90 Å². The maximum Gasteiger partial charge on any atom is 0.255 e. The number of piperidine rings is 1. The minimum atomic E-state index is -0.481. The SMILES string of the molecule is NC(=O)C1CCCCN1C(=O)c1cc(I)ccc1Br. The Morgan fingerprint density at radius 1 is 1.37 bits per heavy atom. The maximum absolute atomic E-state index is 12.6. The Kier molecular flexibility index (Phi) is 4.83. The Morgan fingerprint density at radius 2 is 2.11 bits per heavy atom. The van der Waals surface area contributed by atoms with E-state index >= 15 is 0 Å². The topological polar surface area (TPSA) is 63.4 Å². The van der Waals surface area contributed by atoms with Crippen molar-refractivity contribution in [3.05, 3.63) is 31.8 Å². The monoisotopic (exact) mass is 436 g/mol. The highest BCUT2D eigenvalue weighted by Crippen LogP contribution is 2.25. The summed E-state index contributed by atoms with van der Waals surface area (Å²) in [7, 11) is 0. The predicted molar refractivity (Wildman–Crippen MR) is 84.7 cm³/mol. The van der Waals surface area contributed by atoms with Gasteiger partial charge in [0.15, 0.2) is 0 Å². The summed E-state index contributed by atoms with van der Waals surface area (Å²) in [5, 5.41) is 0. The molecule has 1 aliphatic rings. The maximum atomic E-state index is 12.6. The lowest BCUT2D eigenvalue weighted by Gasteiger charge is -2.34. The first-order valence-corrected chi connectivity index (χ1v) is 7.93. The predicted octanol–water partition coefficient (Wildman–Crippen LogP) is 2.53. The second kappa shape index (κ2) is 6.21. The third-order valence-electron chi connectivity index (χ3n) is 3.25. The number of hydrogen-bond acceptors (Lipinski definition) is 2. The van der Waals surface area contributed by atoms with Crippen LogP contribution in [0.25, 0.3) is 0 Å². The molecule has 0 spiro atoms. The fourth-order valence-electron chi connectivity index (χ4n) is 2.29. The van der Waals surface area contributed by atoms with Crippen LogP contribution in [0.2, 0.25) is 0 Å². The molecule has 1 fully saturated rings.